The Kier molecular flexibility index (Phi) is 3.86. The van der Waals surface area contributed by atoms with Crippen LogP contribution in [-0.4, -0.2) is 18.3 Å². The number of hydrogen-bond acceptors (Lipinski definition) is 2. The minimum Gasteiger partial charge on any atom is -0.386 e. The van der Waals surface area contributed by atoms with Crippen LogP contribution in [0.5, 0.6) is 0 Å². The number of rotatable bonds is 4. The molecular weight excluding hydrogens is 176 g/mol. The third-order valence-electron chi connectivity index (χ3n) is 2.17. The Labute approximate surface area is 84.8 Å². The summed E-state index contributed by atoms with van der Waals surface area (Å²) in [7, 11) is 1.59. The van der Waals surface area contributed by atoms with Crippen LogP contribution in [0.15, 0.2) is 42.5 Å². The third-order valence-corrected chi connectivity index (χ3v) is 2.17. The summed E-state index contributed by atoms with van der Waals surface area (Å²) in [6, 6.07) is 9.64. The van der Waals surface area contributed by atoms with Crippen LogP contribution in [0.3, 0.4) is 0 Å². The van der Waals surface area contributed by atoms with E-state index in [-0.39, 0.29) is 6.10 Å². The zero-order valence-corrected chi connectivity index (χ0v) is 8.60. The maximum atomic E-state index is 9.82. The lowest BCUT2D eigenvalue weighted by atomic mass is 10.0. The van der Waals surface area contributed by atoms with Crippen LogP contribution in [0.2, 0.25) is 0 Å². The summed E-state index contributed by atoms with van der Waals surface area (Å²) in [5, 5.41) is 9.82. The highest BCUT2D eigenvalue weighted by Crippen LogP contribution is 2.23. The van der Waals surface area contributed by atoms with Crippen LogP contribution in [0.25, 0.3) is 0 Å². The molecule has 0 heterocycles. The van der Waals surface area contributed by atoms with Gasteiger partial charge in [-0.15, -0.1) is 0 Å². The molecule has 1 aromatic rings. The van der Waals surface area contributed by atoms with Gasteiger partial charge in [0.25, 0.3) is 0 Å². The molecule has 2 nitrogen and oxygen atoms in total. The Morgan fingerprint density at radius 1 is 1.36 bits per heavy atom. The first-order valence-electron chi connectivity index (χ1n) is 4.58. The maximum absolute atomic E-state index is 9.82. The van der Waals surface area contributed by atoms with Gasteiger partial charge in [0, 0.05) is 7.11 Å². The van der Waals surface area contributed by atoms with Gasteiger partial charge in [0.05, 0.1) is 0 Å². The van der Waals surface area contributed by atoms with E-state index < -0.39 is 6.10 Å². The van der Waals surface area contributed by atoms with Crippen LogP contribution in [0.1, 0.15) is 18.6 Å². The lowest BCUT2D eigenvalue weighted by Gasteiger charge is -2.22. The van der Waals surface area contributed by atoms with Crippen LogP contribution in [0.4, 0.5) is 0 Å². The fraction of sp³-hybridized carbons (Fsp3) is 0.333. The van der Waals surface area contributed by atoms with Gasteiger partial charge in [-0.2, -0.15) is 0 Å². The van der Waals surface area contributed by atoms with E-state index >= 15 is 0 Å². The lowest BCUT2D eigenvalue weighted by molar-refractivity contribution is 0.00553. The second kappa shape index (κ2) is 4.94. The van der Waals surface area contributed by atoms with Gasteiger partial charge in [-0.3, -0.25) is 0 Å². The summed E-state index contributed by atoms with van der Waals surface area (Å²) < 4.78 is 5.25. The molecule has 1 rings (SSSR count). The summed E-state index contributed by atoms with van der Waals surface area (Å²) in [6.07, 6.45) is -0.976. The van der Waals surface area contributed by atoms with Gasteiger partial charge in [-0.1, -0.05) is 36.9 Å². The molecule has 0 bridgehead atoms. The molecule has 0 fully saturated rings. The number of methoxy groups -OCH3 is 1. The number of benzene rings is 1. The van der Waals surface area contributed by atoms with Crippen molar-refractivity contribution in [1.82, 2.24) is 0 Å². The molecule has 1 aromatic carbocycles. The Bertz CT molecular complexity index is 292. The molecular formula is C12H16O2. The molecule has 0 aliphatic heterocycles. The molecule has 0 saturated carbocycles. The van der Waals surface area contributed by atoms with Crippen molar-refractivity contribution in [2.24, 2.45) is 0 Å². The Hall–Kier alpha value is -1.12. The second-order valence-corrected chi connectivity index (χ2v) is 3.36. The Morgan fingerprint density at radius 3 is 2.36 bits per heavy atom. The zero-order chi connectivity index (χ0) is 10.6. The third kappa shape index (κ3) is 2.44. The SMILES string of the molecule is C=C(C)C(O)C(OC)c1ccccc1. The molecule has 0 spiro atoms. The molecule has 2 atom stereocenters. The molecule has 0 amide bonds. The van der Waals surface area contributed by atoms with E-state index in [2.05, 4.69) is 6.58 Å². The first-order valence-corrected chi connectivity index (χ1v) is 4.58. The van der Waals surface area contributed by atoms with Crippen LogP contribution < -0.4 is 0 Å². The highest BCUT2D eigenvalue weighted by atomic mass is 16.5. The van der Waals surface area contributed by atoms with Crippen molar-refractivity contribution < 1.29 is 9.84 Å². The van der Waals surface area contributed by atoms with Gasteiger partial charge >= 0.3 is 0 Å². The van der Waals surface area contributed by atoms with Gasteiger partial charge in [0.15, 0.2) is 0 Å². The van der Waals surface area contributed by atoms with E-state index in [0.717, 1.165) is 5.56 Å². The molecule has 0 aliphatic carbocycles. The van der Waals surface area contributed by atoms with Gasteiger partial charge < -0.3 is 9.84 Å². The quantitative estimate of drug-likeness (QED) is 0.742. The molecule has 0 radical (unpaired) electrons. The largest absolute Gasteiger partial charge is 0.386 e. The Balaban J connectivity index is 2.87. The van der Waals surface area contributed by atoms with E-state index in [1.54, 1.807) is 14.0 Å². The predicted octanol–water partition coefficient (Wildman–Crippen LogP) is 2.31. The van der Waals surface area contributed by atoms with E-state index in [4.69, 9.17) is 4.74 Å². The van der Waals surface area contributed by atoms with Crippen LogP contribution in [-0.2, 0) is 4.74 Å². The molecule has 76 valence electrons. The van der Waals surface area contributed by atoms with Crippen LogP contribution in [0, 0.1) is 0 Å². The number of hydrogen-bond donors (Lipinski definition) is 1. The summed E-state index contributed by atoms with van der Waals surface area (Å²) in [4.78, 5) is 0. The summed E-state index contributed by atoms with van der Waals surface area (Å²) in [6.45, 7) is 5.51. The number of aliphatic hydroxyl groups excluding tert-OH is 1. The standard InChI is InChI=1S/C12H16O2/c1-9(2)11(13)12(14-3)10-7-5-4-6-8-10/h4-8,11-13H,1H2,2-3H3. The Morgan fingerprint density at radius 2 is 1.93 bits per heavy atom. The molecule has 0 saturated heterocycles. The van der Waals surface area contributed by atoms with Crippen molar-refractivity contribution in [1.29, 1.82) is 0 Å². The van der Waals surface area contributed by atoms with E-state index in [1.807, 2.05) is 30.3 Å². The molecule has 0 aromatic heterocycles. The lowest BCUT2D eigenvalue weighted by Crippen LogP contribution is -2.20. The van der Waals surface area contributed by atoms with E-state index in [9.17, 15) is 5.11 Å². The predicted molar refractivity (Wildman–Crippen MR) is 57.0 cm³/mol. The smallest absolute Gasteiger partial charge is 0.112 e. The minimum atomic E-state index is -0.651. The molecule has 1 N–H and O–H groups in total. The summed E-state index contributed by atoms with van der Waals surface area (Å²) >= 11 is 0. The zero-order valence-electron chi connectivity index (χ0n) is 8.60. The fourth-order valence-corrected chi connectivity index (χ4v) is 1.35. The number of aliphatic hydroxyl groups is 1. The maximum Gasteiger partial charge on any atom is 0.112 e. The number of ether oxygens (including phenoxy) is 1. The van der Waals surface area contributed by atoms with Gasteiger partial charge in [0.2, 0.25) is 0 Å². The van der Waals surface area contributed by atoms with Crippen molar-refractivity contribution in [2.45, 2.75) is 19.1 Å². The first kappa shape index (κ1) is 11.0. The molecule has 2 heteroatoms. The summed E-state index contributed by atoms with van der Waals surface area (Å²) in [5.41, 5.74) is 1.67. The van der Waals surface area contributed by atoms with Gasteiger partial charge in [-0.05, 0) is 18.1 Å². The molecule has 0 aliphatic rings. The summed E-state index contributed by atoms with van der Waals surface area (Å²) in [5.74, 6) is 0. The average molecular weight is 192 g/mol. The van der Waals surface area contributed by atoms with Gasteiger partial charge in [0.1, 0.15) is 12.2 Å². The highest BCUT2D eigenvalue weighted by molar-refractivity contribution is 5.21. The van der Waals surface area contributed by atoms with E-state index in [0.29, 0.717) is 5.57 Å². The molecule has 2 unspecified atom stereocenters. The topological polar surface area (TPSA) is 29.5 Å². The minimum absolute atomic E-state index is 0.325. The first-order chi connectivity index (χ1) is 6.66. The average Bonchev–Trinajstić information content (AvgIpc) is 2.20. The van der Waals surface area contributed by atoms with Crippen molar-refractivity contribution in [2.75, 3.05) is 7.11 Å². The van der Waals surface area contributed by atoms with Crippen molar-refractivity contribution in [3.8, 4) is 0 Å². The van der Waals surface area contributed by atoms with Crippen molar-refractivity contribution in [3.63, 3.8) is 0 Å². The normalized spacial score (nSPS) is 14.8. The monoisotopic (exact) mass is 192 g/mol. The van der Waals surface area contributed by atoms with Crippen molar-refractivity contribution in [3.05, 3.63) is 48.0 Å². The van der Waals surface area contributed by atoms with Crippen molar-refractivity contribution >= 4 is 0 Å². The fourth-order valence-electron chi connectivity index (χ4n) is 1.35. The molecule has 14 heavy (non-hydrogen) atoms. The van der Waals surface area contributed by atoms with Crippen LogP contribution >= 0.6 is 0 Å². The highest BCUT2D eigenvalue weighted by Gasteiger charge is 2.20. The van der Waals surface area contributed by atoms with E-state index in [1.165, 1.54) is 0 Å². The second-order valence-electron chi connectivity index (χ2n) is 3.36. The van der Waals surface area contributed by atoms with Gasteiger partial charge in [-0.25, -0.2) is 0 Å².